The maximum Gasteiger partial charge on any atom is 0.214 e. The summed E-state index contributed by atoms with van der Waals surface area (Å²) in [4.78, 5) is 0. The van der Waals surface area contributed by atoms with Crippen LogP contribution >= 0.6 is 0 Å². The average molecular weight is 292 g/mol. The quantitative estimate of drug-likeness (QED) is 0.870. The number of benzene rings is 1. The molecule has 3 rings (SSSR count). The summed E-state index contributed by atoms with van der Waals surface area (Å²) in [7, 11) is -3.10. The van der Waals surface area contributed by atoms with Crippen LogP contribution in [0.1, 0.15) is 17.7 Å². The first-order valence-electron chi connectivity index (χ1n) is 6.55. The van der Waals surface area contributed by atoms with Gasteiger partial charge in [-0.2, -0.15) is 4.31 Å². The zero-order valence-corrected chi connectivity index (χ0v) is 12.1. The molecule has 20 heavy (non-hydrogen) atoms. The molecule has 6 heteroatoms. The Morgan fingerprint density at radius 3 is 2.70 bits per heavy atom. The molecule has 0 spiro atoms. The van der Waals surface area contributed by atoms with Gasteiger partial charge >= 0.3 is 0 Å². The van der Waals surface area contributed by atoms with Crippen LogP contribution < -0.4 is 0 Å². The molecule has 1 aromatic carbocycles. The molecular formula is C14H16N2O3S. The van der Waals surface area contributed by atoms with Crippen LogP contribution in [0.15, 0.2) is 34.9 Å². The fourth-order valence-electron chi connectivity index (χ4n) is 2.29. The molecule has 0 bridgehead atoms. The summed E-state index contributed by atoms with van der Waals surface area (Å²) in [6, 6.07) is 9.77. The molecule has 2 heterocycles. The van der Waals surface area contributed by atoms with Gasteiger partial charge in [-0.1, -0.05) is 35.0 Å². The Kier molecular flexibility index (Phi) is 3.35. The lowest BCUT2D eigenvalue weighted by molar-refractivity contribution is 0.333. The maximum atomic E-state index is 11.7. The second kappa shape index (κ2) is 5.03. The lowest BCUT2D eigenvalue weighted by Crippen LogP contribution is -2.24. The first kappa shape index (κ1) is 13.3. The fraction of sp³-hybridized carbons (Fsp3) is 0.357. The Morgan fingerprint density at radius 2 is 2.05 bits per heavy atom. The first-order valence-corrected chi connectivity index (χ1v) is 8.16. The summed E-state index contributed by atoms with van der Waals surface area (Å²) >= 11 is 0. The summed E-state index contributed by atoms with van der Waals surface area (Å²) < 4.78 is 30.2. The predicted molar refractivity (Wildman–Crippen MR) is 75.5 cm³/mol. The van der Waals surface area contributed by atoms with Crippen molar-refractivity contribution >= 4 is 10.0 Å². The van der Waals surface area contributed by atoms with Gasteiger partial charge in [0.2, 0.25) is 10.0 Å². The van der Waals surface area contributed by atoms with Gasteiger partial charge in [-0.25, -0.2) is 8.42 Å². The largest absolute Gasteiger partial charge is 0.359 e. The van der Waals surface area contributed by atoms with Gasteiger partial charge in [0.05, 0.1) is 12.3 Å². The zero-order valence-electron chi connectivity index (χ0n) is 11.2. The van der Waals surface area contributed by atoms with Crippen LogP contribution in [0.5, 0.6) is 0 Å². The van der Waals surface area contributed by atoms with Gasteiger partial charge in [-0.05, 0) is 13.3 Å². The molecule has 0 N–H and O–H groups in total. The van der Waals surface area contributed by atoms with E-state index in [1.165, 1.54) is 9.87 Å². The highest BCUT2D eigenvalue weighted by molar-refractivity contribution is 7.89. The van der Waals surface area contributed by atoms with Gasteiger partial charge < -0.3 is 4.52 Å². The van der Waals surface area contributed by atoms with E-state index < -0.39 is 10.0 Å². The summed E-state index contributed by atoms with van der Waals surface area (Å²) in [5.41, 5.74) is 2.88. The van der Waals surface area contributed by atoms with E-state index in [4.69, 9.17) is 4.52 Å². The number of sulfonamides is 1. The Bertz CT molecular complexity index is 704. The van der Waals surface area contributed by atoms with Crippen LogP contribution in [0.4, 0.5) is 0 Å². The number of rotatable bonds is 3. The van der Waals surface area contributed by atoms with Crippen molar-refractivity contribution in [2.45, 2.75) is 19.9 Å². The summed E-state index contributed by atoms with van der Waals surface area (Å²) in [6.45, 7) is 2.85. The average Bonchev–Trinajstić information content (AvgIpc) is 2.99. The van der Waals surface area contributed by atoms with Gasteiger partial charge in [-0.3, -0.25) is 0 Å². The van der Waals surface area contributed by atoms with Gasteiger partial charge in [0.25, 0.3) is 0 Å². The second-order valence-corrected chi connectivity index (χ2v) is 7.14. The molecular weight excluding hydrogens is 276 g/mol. The third-order valence-corrected chi connectivity index (χ3v) is 5.34. The minimum absolute atomic E-state index is 0.228. The fourth-order valence-corrected chi connectivity index (χ4v) is 3.77. The van der Waals surface area contributed by atoms with Crippen molar-refractivity contribution in [1.82, 2.24) is 9.46 Å². The van der Waals surface area contributed by atoms with Crippen LogP contribution in [-0.4, -0.2) is 30.2 Å². The standard InChI is InChI=1S/C14H16N2O3S/c1-11-3-5-12(6-4-11)14-9-13(19-15-14)10-16-7-2-8-20(16,17)18/h3-6,9H,2,7-8,10H2,1H3. The van der Waals surface area contributed by atoms with E-state index in [1.54, 1.807) is 6.07 Å². The monoisotopic (exact) mass is 292 g/mol. The zero-order chi connectivity index (χ0) is 14.2. The van der Waals surface area contributed by atoms with Crippen molar-refractivity contribution in [3.05, 3.63) is 41.7 Å². The minimum Gasteiger partial charge on any atom is -0.359 e. The van der Waals surface area contributed by atoms with Crippen molar-refractivity contribution in [3.8, 4) is 11.3 Å². The Labute approximate surface area is 118 Å². The Hall–Kier alpha value is -1.66. The van der Waals surface area contributed by atoms with Crippen molar-refractivity contribution in [2.75, 3.05) is 12.3 Å². The molecule has 2 aromatic rings. The smallest absolute Gasteiger partial charge is 0.214 e. The van der Waals surface area contributed by atoms with E-state index in [2.05, 4.69) is 5.16 Å². The molecule has 0 aliphatic carbocycles. The van der Waals surface area contributed by atoms with Crippen molar-refractivity contribution in [1.29, 1.82) is 0 Å². The molecule has 0 amide bonds. The normalized spacial score (nSPS) is 18.4. The second-order valence-electron chi connectivity index (χ2n) is 5.05. The van der Waals surface area contributed by atoms with E-state index in [1.807, 2.05) is 31.2 Å². The van der Waals surface area contributed by atoms with E-state index >= 15 is 0 Å². The van der Waals surface area contributed by atoms with Crippen molar-refractivity contribution in [3.63, 3.8) is 0 Å². The molecule has 0 atom stereocenters. The third-order valence-electron chi connectivity index (χ3n) is 3.44. The predicted octanol–water partition coefficient (Wildman–Crippen LogP) is 2.19. The topological polar surface area (TPSA) is 63.4 Å². The molecule has 0 radical (unpaired) electrons. The van der Waals surface area contributed by atoms with Crippen LogP contribution in [0.3, 0.4) is 0 Å². The molecule has 5 nitrogen and oxygen atoms in total. The number of nitrogens with zero attached hydrogens (tertiary/aromatic N) is 2. The number of hydrogen-bond acceptors (Lipinski definition) is 4. The van der Waals surface area contributed by atoms with Gasteiger partial charge in [0.15, 0.2) is 5.76 Å². The van der Waals surface area contributed by atoms with Crippen molar-refractivity contribution in [2.24, 2.45) is 0 Å². The third kappa shape index (κ3) is 2.62. The molecule has 106 valence electrons. The number of hydrogen-bond donors (Lipinski definition) is 0. The van der Waals surface area contributed by atoms with Gasteiger partial charge in [0.1, 0.15) is 5.69 Å². The summed E-state index contributed by atoms with van der Waals surface area (Å²) in [5, 5.41) is 4.01. The highest BCUT2D eigenvalue weighted by atomic mass is 32.2. The van der Waals surface area contributed by atoms with Crippen molar-refractivity contribution < 1.29 is 12.9 Å². The Morgan fingerprint density at radius 1 is 1.30 bits per heavy atom. The van der Waals surface area contributed by atoms with E-state index in [9.17, 15) is 8.42 Å². The highest BCUT2D eigenvalue weighted by Gasteiger charge is 2.29. The van der Waals surface area contributed by atoms with Crippen LogP contribution in [-0.2, 0) is 16.6 Å². The molecule has 1 aliphatic heterocycles. The van der Waals surface area contributed by atoms with Gasteiger partial charge in [-0.15, -0.1) is 0 Å². The molecule has 1 aromatic heterocycles. The van der Waals surface area contributed by atoms with E-state index in [0.29, 0.717) is 18.7 Å². The lowest BCUT2D eigenvalue weighted by Gasteiger charge is -2.10. The van der Waals surface area contributed by atoms with Gasteiger partial charge in [0, 0.05) is 18.2 Å². The minimum atomic E-state index is -3.10. The molecule has 1 fully saturated rings. The van der Waals surface area contributed by atoms with Crippen LogP contribution in [0.2, 0.25) is 0 Å². The number of aromatic nitrogens is 1. The highest BCUT2D eigenvalue weighted by Crippen LogP contribution is 2.22. The maximum absolute atomic E-state index is 11.7. The van der Waals surface area contributed by atoms with E-state index in [0.717, 1.165) is 11.3 Å². The SMILES string of the molecule is Cc1ccc(-c2cc(CN3CCCS3(=O)=O)on2)cc1. The van der Waals surface area contributed by atoms with Crippen LogP contribution in [0.25, 0.3) is 11.3 Å². The molecule has 0 saturated carbocycles. The summed E-state index contributed by atoms with van der Waals surface area (Å²) in [5.74, 6) is 0.803. The summed E-state index contributed by atoms with van der Waals surface area (Å²) in [6.07, 6.45) is 0.682. The molecule has 1 aliphatic rings. The Balaban J connectivity index is 1.79. The van der Waals surface area contributed by atoms with E-state index in [-0.39, 0.29) is 12.3 Å². The molecule has 0 unspecified atom stereocenters. The molecule has 1 saturated heterocycles. The van der Waals surface area contributed by atoms with Crippen LogP contribution in [0, 0.1) is 6.92 Å². The number of aryl methyl sites for hydroxylation is 1. The first-order chi connectivity index (χ1) is 9.54. The lowest BCUT2D eigenvalue weighted by atomic mass is 10.1.